The van der Waals surface area contributed by atoms with Gasteiger partial charge in [0.25, 0.3) is 0 Å². The molecule has 0 N–H and O–H groups in total. The molecule has 1 saturated heterocycles. The van der Waals surface area contributed by atoms with Crippen LogP contribution in [0.1, 0.15) is 25.8 Å². The Balaban J connectivity index is 1.80. The van der Waals surface area contributed by atoms with E-state index in [4.69, 9.17) is 0 Å². The Labute approximate surface area is 126 Å². The number of benzene rings is 2. The van der Waals surface area contributed by atoms with Gasteiger partial charge >= 0.3 is 0 Å². The number of fused-ring (bicyclic) bond motifs is 1. The van der Waals surface area contributed by atoms with E-state index in [0.717, 1.165) is 18.7 Å². The number of likely N-dealkylation sites (tertiary alicyclic amines) is 1. The first-order valence-corrected chi connectivity index (χ1v) is 7.88. The van der Waals surface area contributed by atoms with E-state index >= 15 is 0 Å². The predicted molar refractivity (Wildman–Crippen MR) is 87.2 cm³/mol. The van der Waals surface area contributed by atoms with Crippen molar-refractivity contribution in [2.75, 3.05) is 13.1 Å². The summed E-state index contributed by atoms with van der Waals surface area (Å²) in [5.74, 6) is 1.50. The molecule has 1 fully saturated rings. The molecule has 0 bridgehead atoms. The molecule has 110 valence electrons. The highest BCUT2D eigenvalue weighted by molar-refractivity contribution is 5.90. The maximum atomic E-state index is 12.6. The molecule has 1 aliphatic heterocycles. The third kappa shape index (κ3) is 3.10. The SMILES string of the molecule is C[C@H]1C[C@H](C)CN(C(=O)Cc2cccc3ccccc23)C1. The number of hydrogen-bond donors (Lipinski definition) is 0. The normalized spacial score (nSPS) is 22.5. The molecule has 2 atom stereocenters. The Hall–Kier alpha value is -1.83. The highest BCUT2D eigenvalue weighted by Crippen LogP contribution is 2.23. The Morgan fingerprint density at radius 2 is 1.71 bits per heavy atom. The van der Waals surface area contributed by atoms with Gasteiger partial charge in [0.05, 0.1) is 6.42 Å². The van der Waals surface area contributed by atoms with Crippen LogP contribution in [0, 0.1) is 11.8 Å². The largest absolute Gasteiger partial charge is 0.342 e. The van der Waals surface area contributed by atoms with Gasteiger partial charge in [-0.25, -0.2) is 0 Å². The minimum Gasteiger partial charge on any atom is -0.342 e. The van der Waals surface area contributed by atoms with Gasteiger partial charge in [-0.15, -0.1) is 0 Å². The van der Waals surface area contributed by atoms with Crippen LogP contribution in [0.25, 0.3) is 10.8 Å². The molecule has 2 aromatic carbocycles. The van der Waals surface area contributed by atoms with E-state index in [9.17, 15) is 4.79 Å². The number of amides is 1. The molecular formula is C19H23NO. The summed E-state index contributed by atoms with van der Waals surface area (Å²) in [6.07, 6.45) is 1.75. The average molecular weight is 281 g/mol. The van der Waals surface area contributed by atoms with E-state index in [-0.39, 0.29) is 5.91 Å². The minimum atomic E-state index is 0.268. The van der Waals surface area contributed by atoms with Crippen LogP contribution in [0.15, 0.2) is 42.5 Å². The Morgan fingerprint density at radius 3 is 2.48 bits per heavy atom. The molecule has 0 unspecified atom stereocenters. The zero-order chi connectivity index (χ0) is 14.8. The standard InChI is InChI=1S/C19H23NO/c1-14-10-15(2)13-20(12-14)19(21)11-17-8-5-7-16-6-3-4-9-18(16)17/h3-9,14-15H,10-13H2,1-2H3/t14-,15-/m0/s1. The Kier molecular flexibility index (Phi) is 3.96. The average Bonchev–Trinajstić information content (AvgIpc) is 2.46. The van der Waals surface area contributed by atoms with Crippen LogP contribution in [0.5, 0.6) is 0 Å². The van der Waals surface area contributed by atoms with Gasteiger partial charge in [-0.2, -0.15) is 0 Å². The fourth-order valence-electron chi connectivity index (χ4n) is 3.59. The second kappa shape index (κ2) is 5.88. The van der Waals surface area contributed by atoms with Crippen LogP contribution in [0.2, 0.25) is 0 Å². The van der Waals surface area contributed by atoms with Crippen molar-refractivity contribution in [1.29, 1.82) is 0 Å². The lowest BCUT2D eigenvalue weighted by Gasteiger charge is -2.35. The van der Waals surface area contributed by atoms with Crippen molar-refractivity contribution in [2.45, 2.75) is 26.7 Å². The van der Waals surface area contributed by atoms with E-state index < -0.39 is 0 Å². The van der Waals surface area contributed by atoms with Crippen molar-refractivity contribution in [2.24, 2.45) is 11.8 Å². The van der Waals surface area contributed by atoms with Gasteiger partial charge in [0.1, 0.15) is 0 Å². The topological polar surface area (TPSA) is 20.3 Å². The summed E-state index contributed by atoms with van der Waals surface area (Å²) in [7, 11) is 0. The molecule has 2 aromatic rings. The van der Waals surface area contributed by atoms with Gasteiger partial charge in [0.2, 0.25) is 5.91 Å². The van der Waals surface area contributed by atoms with Gasteiger partial charge in [-0.05, 0) is 34.6 Å². The van der Waals surface area contributed by atoms with Crippen LogP contribution < -0.4 is 0 Å². The molecule has 1 aliphatic rings. The van der Waals surface area contributed by atoms with Gasteiger partial charge in [-0.1, -0.05) is 56.3 Å². The third-order valence-electron chi connectivity index (χ3n) is 4.44. The van der Waals surface area contributed by atoms with Gasteiger partial charge in [0, 0.05) is 13.1 Å². The number of piperidine rings is 1. The van der Waals surface area contributed by atoms with Gasteiger partial charge in [-0.3, -0.25) is 4.79 Å². The van der Waals surface area contributed by atoms with E-state index in [2.05, 4.69) is 43.0 Å². The number of carbonyl (C=O) groups excluding carboxylic acids is 1. The highest BCUT2D eigenvalue weighted by atomic mass is 16.2. The van der Waals surface area contributed by atoms with E-state index in [0.29, 0.717) is 18.3 Å². The minimum absolute atomic E-state index is 0.268. The summed E-state index contributed by atoms with van der Waals surface area (Å²) in [5.41, 5.74) is 1.14. The van der Waals surface area contributed by atoms with Crippen molar-refractivity contribution < 1.29 is 4.79 Å². The summed E-state index contributed by atoms with van der Waals surface area (Å²) >= 11 is 0. The summed E-state index contributed by atoms with van der Waals surface area (Å²) < 4.78 is 0. The zero-order valence-electron chi connectivity index (χ0n) is 12.9. The molecular weight excluding hydrogens is 258 g/mol. The molecule has 21 heavy (non-hydrogen) atoms. The van der Waals surface area contributed by atoms with Crippen molar-refractivity contribution in [3.05, 3.63) is 48.0 Å². The van der Waals surface area contributed by atoms with Crippen molar-refractivity contribution in [3.8, 4) is 0 Å². The van der Waals surface area contributed by atoms with Gasteiger partial charge in [0.15, 0.2) is 0 Å². The summed E-state index contributed by atoms with van der Waals surface area (Å²) in [6, 6.07) is 14.5. The molecule has 0 aromatic heterocycles. The highest BCUT2D eigenvalue weighted by Gasteiger charge is 2.25. The summed E-state index contributed by atoms with van der Waals surface area (Å²) in [4.78, 5) is 14.7. The van der Waals surface area contributed by atoms with Crippen LogP contribution in [-0.2, 0) is 11.2 Å². The quantitative estimate of drug-likeness (QED) is 0.818. The van der Waals surface area contributed by atoms with Crippen LogP contribution in [0.4, 0.5) is 0 Å². The second-order valence-corrected chi connectivity index (χ2v) is 6.56. The monoisotopic (exact) mass is 281 g/mol. The van der Waals surface area contributed by atoms with E-state index in [1.54, 1.807) is 0 Å². The van der Waals surface area contributed by atoms with Crippen molar-refractivity contribution >= 4 is 16.7 Å². The first-order valence-electron chi connectivity index (χ1n) is 7.88. The van der Waals surface area contributed by atoms with Gasteiger partial charge < -0.3 is 4.90 Å². The van der Waals surface area contributed by atoms with Crippen molar-refractivity contribution in [3.63, 3.8) is 0 Å². The number of carbonyl (C=O) groups is 1. The molecule has 0 radical (unpaired) electrons. The Bertz CT molecular complexity index is 634. The zero-order valence-corrected chi connectivity index (χ0v) is 12.9. The fraction of sp³-hybridized carbons (Fsp3) is 0.421. The Morgan fingerprint density at radius 1 is 1.05 bits per heavy atom. The lowest BCUT2D eigenvalue weighted by atomic mass is 9.91. The smallest absolute Gasteiger partial charge is 0.227 e. The maximum absolute atomic E-state index is 12.6. The lowest BCUT2D eigenvalue weighted by Crippen LogP contribution is -2.43. The molecule has 2 heteroatoms. The third-order valence-corrected chi connectivity index (χ3v) is 4.44. The summed E-state index contributed by atoms with van der Waals surface area (Å²) in [6.45, 7) is 6.31. The summed E-state index contributed by atoms with van der Waals surface area (Å²) in [5, 5.41) is 2.41. The second-order valence-electron chi connectivity index (χ2n) is 6.56. The van der Waals surface area contributed by atoms with E-state index in [1.807, 2.05) is 18.2 Å². The molecule has 1 heterocycles. The van der Waals surface area contributed by atoms with Crippen LogP contribution >= 0.6 is 0 Å². The molecule has 2 nitrogen and oxygen atoms in total. The predicted octanol–water partition coefficient (Wildman–Crippen LogP) is 3.89. The van der Waals surface area contributed by atoms with E-state index in [1.165, 1.54) is 17.2 Å². The molecule has 0 spiro atoms. The lowest BCUT2D eigenvalue weighted by molar-refractivity contribution is -0.133. The first-order chi connectivity index (χ1) is 10.1. The molecule has 0 aliphatic carbocycles. The van der Waals surface area contributed by atoms with Crippen LogP contribution in [-0.4, -0.2) is 23.9 Å². The van der Waals surface area contributed by atoms with Crippen molar-refractivity contribution in [1.82, 2.24) is 4.90 Å². The number of hydrogen-bond acceptors (Lipinski definition) is 1. The number of nitrogens with zero attached hydrogens (tertiary/aromatic N) is 1. The maximum Gasteiger partial charge on any atom is 0.227 e. The van der Waals surface area contributed by atoms with Crippen LogP contribution in [0.3, 0.4) is 0 Å². The first kappa shape index (κ1) is 14.1. The molecule has 1 amide bonds. The molecule has 0 saturated carbocycles. The number of rotatable bonds is 2. The fourth-order valence-corrected chi connectivity index (χ4v) is 3.59. The molecule has 3 rings (SSSR count).